The Bertz CT molecular complexity index is 917. The predicted octanol–water partition coefficient (Wildman–Crippen LogP) is 3.85. The topological polar surface area (TPSA) is 78.6 Å². The standard InChI is InChI=1S/C19H16ClNO5/c1-24-16-7-6-12(10-13(16)20)15(22)11-25-19(23)9-8-18-21-14-4-2-3-5-17(14)26-18/h2-7,10H,8-9,11H2,1H3. The molecule has 2 aromatic carbocycles. The zero-order valence-corrected chi connectivity index (χ0v) is 14.8. The average Bonchev–Trinajstić information content (AvgIpc) is 3.07. The number of aromatic nitrogens is 1. The van der Waals surface area contributed by atoms with Crippen LogP contribution in [0, 0.1) is 0 Å². The highest BCUT2D eigenvalue weighted by atomic mass is 35.5. The first-order valence-electron chi connectivity index (χ1n) is 7.93. The lowest BCUT2D eigenvalue weighted by atomic mass is 10.1. The van der Waals surface area contributed by atoms with Crippen LogP contribution in [0.15, 0.2) is 46.9 Å². The first-order chi connectivity index (χ1) is 12.6. The Balaban J connectivity index is 1.50. The lowest BCUT2D eigenvalue weighted by Crippen LogP contribution is -2.14. The largest absolute Gasteiger partial charge is 0.495 e. The molecular formula is C19H16ClNO5. The molecule has 1 aromatic heterocycles. The highest BCUT2D eigenvalue weighted by molar-refractivity contribution is 6.32. The van der Waals surface area contributed by atoms with Gasteiger partial charge >= 0.3 is 5.97 Å². The van der Waals surface area contributed by atoms with Gasteiger partial charge < -0.3 is 13.9 Å². The van der Waals surface area contributed by atoms with Crippen LogP contribution in [-0.4, -0.2) is 30.5 Å². The van der Waals surface area contributed by atoms with E-state index in [0.29, 0.717) is 34.2 Å². The summed E-state index contributed by atoms with van der Waals surface area (Å²) in [6, 6.07) is 12.0. The van der Waals surface area contributed by atoms with Crippen molar-refractivity contribution in [2.75, 3.05) is 13.7 Å². The number of methoxy groups -OCH3 is 1. The SMILES string of the molecule is COc1ccc(C(=O)COC(=O)CCc2nc3ccccc3o2)cc1Cl. The number of rotatable bonds is 7. The van der Waals surface area contributed by atoms with E-state index < -0.39 is 5.97 Å². The first kappa shape index (κ1) is 17.9. The van der Waals surface area contributed by atoms with E-state index in [-0.39, 0.29) is 18.8 Å². The number of para-hydroxylation sites is 2. The van der Waals surface area contributed by atoms with Crippen LogP contribution in [-0.2, 0) is 16.0 Å². The third kappa shape index (κ3) is 4.21. The van der Waals surface area contributed by atoms with Gasteiger partial charge in [-0.2, -0.15) is 0 Å². The molecule has 0 atom stereocenters. The first-order valence-corrected chi connectivity index (χ1v) is 8.31. The van der Waals surface area contributed by atoms with Crippen LogP contribution in [0.1, 0.15) is 22.7 Å². The van der Waals surface area contributed by atoms with Gasteiger partial charge in [-0.05, 0) is 30.3 Å². The number of ketones is 1. The van der Waals surface area contributed by atoms with Crippen LogP contribution < -0.4 is 4.74 Å². The van der Waals surface area contributed by atoms with Gasteiger partial charge in [0.15, 0.2) is 23.9 Å². The Morgan fingerprint density at radius 1 is 1.19 bits per heavy atom. The van der Waals surface area contributed by atoms with E-state index in [2.05, 4.69) is 4.98 Å². The fraction of sp³-hybridized carbons (Fsp3) is 0.211. The van der Waals surface area contributed by atoms with Gasteiger partial charge in [0, 0.05) is 12.0 Å². The number of halogens is 1. The van der Waals surface area contributed by atoms with E-state index in [1.165, 1.54) is 13.2 Å². The number of oxazole rings is 1. The fourth-order valence-corrected chi connectivity index (χ4v) is 2.63. The van der Waals surface area contributed by atoms with Crippen molar-refractivity contribution >= 4 is 34.5 Å². The summed E-state index contributed by atoms with van der Waals surface area (Å²) in [7, 11) is 1.49. The van der Waals surface area contributed by atoms with E-state index >= 15 is 0 Å². The molecule has 0 saturated heterocycles. The molecule has 1 heterocycles. The molecule has 0 amide bonds. The molecule has 3 rings (SSSR count). The molecule has 0 N–H and O–H groups in total. The minimum atomic E-state index is -0.500. The maximum absolute atomic E-state index is 12.1. The van der Waals surface area contributed by atoms with Crippen molar-refractivity contribution in [2.45, 2.75) is 12.8 Å². The predicted molar refractivity (Wildman–Crippen MR) is 95.6 cm³/mol. The van der Waals surface area contributed by atoms with Crippen LogP contribution in [0.3, 0.4) is 0 Å². The smallest absolute Gasteiger partial charge is 0.306 e. The zero-order chi connectivity index (χ0) is 18.5. The summed E-state index contributed by atoms with van der Waals surface area (Å²) < 4.78 is 15.6. The number of hydrogen-bond acceptors (Lipinski definition) is 6. The van der Waals surface area contributed by atoms with E-state index in [1.54, 1.807) is 12.1 Å². The molecule has 0 radical (unpaired) electrons. The maximum atomic E-state index is 12.1. The molecule has 0 saturated carbocycles. The Hall–Kier alpha value is -2.86. The Morgan fingerprint density at radius 2 is 2.00 bits per heavy atom. The van der Waals surface area contributed by atoms with Gasteiger partial charge in [0.05, 0.1) is 18.6 Å². The number of ether oxygens (including phenoxy) is 2. The highest BCUT2D eigenvalue weighted by Gasteiger charge is 2.13. The van der Waals surface area contributed by atoms with Crippen LogP contribution in [0.4, 0.5) is 0 Å². The van der Waals surface area contributed by atoms with E-state index in [0.717, 1.165) is 5.52 Å². The molecular weight excluding hydrogens is 358 g/mol. The minimum Gasteiger partial charge on any atom is -0.495 e. The Morgan fingerprint density at radius 3 is 2.73 bits per heavy atom. The van der Waals surface area contributed by atoms with Crippen LogP contribution >= 0.6 is 11.6 Å². The normalized spacial score (nSPS) is 10.7. The molecule has 0 bridgehead atoms. The lowest BCUT2D eigenvalue weighted by Gasteiger charge is -2.06. The molecule has 0 aliphatic heterocycles. The summed E-state index contributed by atoms with van der Waals surface area (Å²) in [6.07, 6.45) is 0.375. The average molecular weight is 374 g/mol. The quantitative estimate of drug-likeness (QED) is 0.462. The summed E-state index contributed by atoms with van der Waals surface area (Å²) in [5, 5.41) is 0.320. The number of carbonyl (C=O) groups excluding carboxylic acids is 2. The van der Waals surface area contributed by atoms with Gasteiger partial charge in [0.2, 0.25) is 0 Å². The Labute approximate surface area is 154 Å². The van der Waals surface area contributed by atoms with Gasteiger partial charge in [-0.1, -0.05) is 23.7 Å². The summed E-state index contributed by atoms with van der Waals surface area (Å²) in [6.45, 7) is -0.352. The minimum absolute atomic E-state index is 0.0729. The summed E-state index contributed by atoms with van der Waals surface area (Å²) in [5.74, 6) is 0.0833. The lowest BCUT2D eigenvalue weighted by molar-refractivity contribution is -0.142. The third-order valence-corrected chi connectivity index (χ3v) is 4.01. The molecule has 0 aliphatic rings. The third-order valence-electron chi connectivity index (χ3n) is 3.72. The van der Waals surface area contributed by atoms with Crippen molar-refractivity contribution in [1.29, 1.82) is 0 Å². The summed E-state index contributed by atoms with van der Waals surface area (Å²) >= 11 is 5.99. The molecule has 6 nitrogen and oxygen atoms in total. The van der Waals surface area contributed by atoms with Crippen molar-refractivity contribution in [3.05, 3.63) is 58.9 Å². The van der Waals surface area contributed by atoms with Gasteiger partial charge in [-0.3, -0.25) is 9.59 Å². The second-order valence-electron chi connectivity index (χ2n) is 5.51. The number of carbonyl (C=O) groups is 2. The second kappa shape index (κ2) is 8.01. The van der Waals surface area contributed by atoms with Crippen molar-refractivity contribution in [1.82, 2.24) is 4.98 Å². The number of nitrogens with zero attached hydrogens (tertiary/aromatic N) is 1. The van der Waals surface area contributed by atoms with Gasteiger partial charge in [-0.25, -0.2) is 4.98 Å². The number of fused-ring (bicyclic) bond motifs is 1. The maximum Gasteiger partial charge on any atom is 0.306 e. The molecule has 3 aromatic rings. The van der Waals surface area contributed by atoms with Crippen LogP contribution in [0.5, 0.6) is 5.75 Å². The van der Waals surface area contributed by atoms with Gasteiger partial charge in [-0.15, -0.1) is 0 Å². The molecule has 26 heavy (non-hydrogen) atoms. The number of benzene rings is 2. The Kier molecular flexibility index (Phi) is 5.53. The van der Waals surface area contributed by atoms with Crippen molar-refractivity contribution in [3.8, 4) is 5.75 Å². The molecule has 7 heteroatoms. The summed E-state index contributed by atoms with van der Waals surface area (Å²) in [4.78, 5) is 28.2. The van der Waals surface area contributed by atoms with Gasteiger partial charge in [0.25, 0.3) is 0 Å². The van der Waals surface area contributed by atoms with Crippen LogP contribution in [0.2, 0.25) is 5.02 Å². The van der Waals surface area contributed by atoms with Crippen LogP contribution in [0.25, 0.3) is 11.1 Å². The molecule has 0 spiro atoms. The monoisotopic (exact) mass is 373 g/mol. The van der Waals surface area contributed by atoms with Gasteiger partial charge in [0.1, 0.15) is 11.3 Å². The molecule has 0 aliphatic carbocycles. The number of aryl methyl sites for hydroxylation is 1. The number of hydrogen-bond donors (Lipinski definition) is 0. The van der Waals surface area contributed by atoms with Crippen molar-refractivity contribution in [2.24, 2.45) is 0 Å². The molecule has 134 valence electrons. The fourth-order valence-electron chi connectivity index (χ4n) is 2.38. The summed E-state index contributed by atoms with van der Waals surface area (Å²) in [5.41, 5.74) is 1.76. The molecule has 0 fully saturated rings. The zero-order valence-electron chi connectivity index (χ0n) is 14.0. The van der Waals surface area contributed by atoms with Crippen molar-refractivity contribution in [3.63, 3.8) is 0 Å². The van der Waals surface area contributed by atoms with E-state index in [1.807, 2.05) is 24.3 Å². The molecule has 0 unspecified atom stereocenters. The number of esters is 1. The van der Waals surface area contributed by atoms with Crippen molar-refractivity contribution < 1.29 is 23.5 Å². The van der Waals surface area contributed by atoms with E-state index in [4.69, 9.17) is 25.5 Å². The highest BCUT2D eigenvalue weighted by Crippen LogP contribution is 2.25. The second-order valence-corrected chi connectivity index (χ2v) is 5.92. The van der Waals surface area contributed by atoms with E-state index in [9.17, 15) is 9.59 Å². The number of Topliss-reactive ketones (excluding diaryl/α,β-unsaturated/α-hetero) is 1.